The van der Waals surface area contributed by atoms with E-state index in [1.807, 2.05) is 0 Å². The van der Waals surface area contributed by atoms with Crippen LogP contribution < -0.4 is 4.74 Å². The average molecular weight is 240 g/mol. The van der Waals surface area contributed by atoms with Crippen molar-refractivity contribution >= 4 is 0 Å². The number of halogens is 5. The molecule has 1 nitrogen and oxygen atoms in total. The third-order valence-electron chi connectivity index (χ3n) is 1.97. The molecule has 0 heterocycles. The van der Waals surface area contributed by atoms with Crippen LogP contribution in [0.4, 0.5) is 22.0 Å². The van der Waals surface area contributed by atoms with Crippen LogP contribution >= 0.6 is 0 Å². The molecule has 0 atom stereocenters. The van der Waals surface area contributed by atoms with E-state index in [0.29, 0.717) is 12.0 Å². The van der Waals surface area contributed by atoms with Crippen LogP contribution in [-0.2, 0) is 6.42 Å². The van der Waals surface area contributed by atoms with Crippen molar-refractivity contribution in [1.82, 2.24) is 0 Å². The molecule has 0 spiro atoms. The Morgan fingerprint density at radius 1 is 1.25 bits per heavy atom. The molecule has 0 aliphatic carbocycles. The summed E-state index contributed by atoms with van der Waals surface area (Å²) in [6.45, 7) is 1.64. The quantitative estimate of drug-likeness (QED) is 0.723. The van der Waals surface area contributed by atoms with Gasteiger partial charge in [-0.1, -0.05) is 13.0 Å². The minimum Gasteiger partial charge on any atom is -0.406 e. The summed E-state index contributed by atoms with van der Waals surface area (Å²) in [5, 5.41) is 0. The molecule has 0 radical (unpaired) electrons. The first kappa shape index (κ1) is 12.7. The van der Waals surface area contributed by atoms with Crippen LogP contribution in [-0.4, -0.2) is 6.36 Å². The second-order valence-corrected chi connectivity index (χ2v) is 3.06. The van der Waals surface area contributed by atoms with Crippen molar-refractivity contribution in [3.63, 3.8) is 0 Å². The van der Waals surface area contributed by atoms with E-state index in [-0.39, 0.29) is 0 Å². The van der Waals surface area contributed by atoms with Gasteiger partial charge in [-0.25, -0.2) is 8.78 Å². The maximum atomic E-state index is 12.5. The van der Waals surface area contributed by atoms with E-state index in [4.69, 9.17) is 0 Å². The molecule has 90 valence electrons. The van der Waals surface area contributed by atoms with Gasteiger partial charge in [-0.05, 0) is 24.1 Å². The Morgan fingerprint density at radius 3 is 2.31 bits per heavy atom. The molecule has 6 heteroatoms. The molecule has 0 unspecified atom stereocenters. The van der Waals surface area contributed by atoms with E-state index in [9.17, 15) is 22.0 Å². The zero-order valence-corrected chi connectivity index (χ0v) is 8.31. The van der Waals surface area contributed by atoms with Crippen LogP contribution in [0.25, 0.3) is 0 Å². The Hall–Kier alpha value is -1.33. The fourth-order valence-corrected chi connectivity index (χ4v) is 1.30. The molecule has 1 aromatic rings. The molecule has 1 aromatic carbocycles. The van der Waals surface area contributed by atoms with E-state index in [2.05, 4.69) is 4.74 Å². The van der Waals surface area contributed by atoms with E-state index >= 15 is 0 Å². The molecule has 0 fully saturated rings. The highest BCUT2D eigenvalue weighted by molar-refractivity contribution is 5.36. The minimum absolute atomic E-state index is 0.310. The molecule has 0 saturated carbocycles. The Morgan fingerprint density at radius 2 is 1.88 bits per heavy atom. The first-order valence-electron chi connectivity index (χ1n) is 4.50. The summed E-state index contributed by atoms with van der Waals surface area (Å²) >= 11 is 0. The molecule has 0 amide bonds. The number of benzene rings is 1. The summed E-state index contributed by atoms with van der Waals surface area (Å²) in [6.07, 6.45) is -7.36. The smallest absolute Gasteiger partial charge is 0.406 e. The number of alkyl halides is 5. The van der Waals surface area contributed by atoms with E-state index in [0.717, 1.165) is 12.1 Å². The number of hydrogen-bond donors (Lipinski definition) is 0. The Bertz CT molecular complexity index is 359. The Kier molecular flexibility index (Phi) is 3.72. The normalized spacial score (nSPS) is 11.9. The topological polar surface area (TPSA) is 9.23 Å². The molecular formula is C10H9F5O. The summed E-state index contributed by atoms with van der Waals surface area (Å²) in [5.41, 5.74) is -0.117. The largest absolute Gasteiger partial charge is 0.573 e. The van der Waals surface area contributed by atoms with Gasteiger partial charge in [0.2, 0.25) is 0 Å². The first-order chi connectivity index (χ1) is 7.33. The van der Waals surface area contributed by atoms with Crippen LogP contribution in [0.5, 0.6) is 5.75 Å². The van der Waals surface area contributed by atoms with E-state index in [1.165, 1.54) is 6.07 Å². The van der Waals surface area contributed by atoms with Gasteiger partial charge in [-0.2, -0.15) is 0 Å². The molecule has 0 saturated heterocycles. The Balaban J connectivity index is 3.02. The standard InChI is InChI=1S/C10H9F5O/c1-2-6-3-4-7(16-10(13,14)15)5-8(6)9(11)12/h3-5,9H,2H2,1H3. The molecule has 1 rings (SSSR count). The summed E-state index contributed by atoms with van der Waals surface area (Å²) in [4.78, 5) is 0. The zero-order valence-electron chi connectivity index (χ0n) is 8.31. The molecule has 0 aliphatic heterocycles. The predicted molar refractivity (Wildman–Crippen MR) is 47.5 cm³/mol. The fraction of sp³-hybridized carbons (Fsp3) is 0.400. The first-order valence-corrected chi connectivity index (χ1v) is 4.50. The average Bonchev–Trinajstić information content (AvgIpc) is 2.15. The monoisotopic (exact) mass is 240 g/mol. The highest BCUT2D eigenvalue weighted by atomic mass is 19.4. The van der Waals surface area contributed by atoms with Gasteiger partial charge in [0.15, 0.2) is 0 Å². The fourth-order valence-electron chi connectivity index (χ4n) is 1.30. The van der Waals surface area contributed by atoms with Crippen molar-refractivity contribution in [2.45, 2.75) is 26.1 Å². The number of ether oxygens (including phenoxy) is 1. The molecule has 0 aliphatic rings. The highest BCUT2D eigenvalue weighted by Crippen LogP contribution is 2.30. The molecule has 0 N–H and O–H groups in total. The van der Waals surface area contributed by atoms with Gasteiger partial charge in [-0.15, -0.1) is 13.2 Å². The van der Waals surface area contributed by atoms with Crippen molar-refractivity contribution < 1.29 is 26.7 Å². The van der Waals surface area contributed by atoms with Gasteiger partial charge in [0, 0.05) is 5.56 Å². The van der Waals surface area contributed by atoms with E-state index in [1.54, 1.807) is 6.92 Å². The lowest BCUT2D eigenvalue weighted by atomic mass is 10.1. The third-order valence-corrected chi connectivity index (χ3v) is 1.97. The van der Waals surface area contributed by atoms with Crippen LogP contribution in [0.1, 0.15) is 24.5 Å². The van der Waals surface area contributed by atoms with Gasteiger partial charge in [0.1, 0.15) is 5.75 Å². The van der Waals surface area contributed by atoms with Gasteiger partial charge < -0.3 is 4.74 Å². The lowest BCUT2D eigenvalue weighted by molar-refractivity contribution is -0.274. The van der Waals surface area contributed by atoms with Gasteiger partial charge in [-0.3, -0.25) is 0 Å². The highest BCUT2D eigenvalue weighted by Gasteiger charge is 2.31. The van der Waals surface area contributed by atoms with Crippen molar-refractivity contribution in [1.29, 1.82) is 0 Å². The Labute approximate surface area is 88.8 Å². The van der Waals surface area contributed by atoms with Crippen LogP contribution in [0, 0.1) is 0 Å². The SMILES string of the molecule is CCc1ccc(OC(F)(F)F)cc1C(F)F. The summed E-state index contributed by atoms with van der Waals surface area (Å²) in [5.74, 6) is -0.625. The predicted octanol–water partition coefficient (Wildman–Crippen LogP) is 4.09. The molecule has 0 aromatic heterocycles. The maximum absolute atomic E-state index is 12.5. The van der Waals surface area contributed by atoms with Crippen molar-refractivity contribution in [3.8, 4) is 5.75 Å². The second kappa shape index (κ2) is 4.67. The lowest BCUT2D eigenvalue weighted by Gasteiger charge is -2.12. The lowest BCUT2D eigenvalue weighted by Crippen LogP contribution is -2.17. The number of hydrogen-bond acceptors (Lipinski definition) is 1. The van der Waals surface area contributed by atoms with Crippen molar-refractivity contribution in [2.75, 3.05) is 0 Å². The van der Waals surface area contributed by atoms with Crippen molar-refractivity contribution in [3.05, 3.63) is 29.3 Å². The van der Waals surface area contributed by atoms with E-state index < -0.39 is 24.1 Å². The third kappa shape index (κ3) is 3.36. The van der Waals surface area contributed by atoms with Gasteiger partial charge in [0.05, 0.1) is 0 Å². The molecular weight excluding hydrogens is 231 g/mol. The van der Waals surface area contributed by atoms with Crippen LogP contribution in [0.2, 0.25) is 0 Å². The minimum atomic E-state index is -4.87. The summed E-state index contributed by atoms with van der Waals surface area (Å²) in [7, 11) is 0. The van der Waals surface area contributed by atoms with Crippen LogP contribution in [0.3, 0.4) is 0 Å². The van der Waals surface area contributed by atoms with Gasteiger partial charge >= 0.3 is 6.36 Å². The second-order valence-electron chi connectivity index (χ2n) is 3.06. The maximum Gasteiger partial charge on any atom is 0.573 e. The number of aryl methyl sites for hydroxylation is 1. The zero-order chi connectivity index (χ0) is 12.3. The number of rotatable bonds is 3. The van der Waals surface area contributed by atoms with Crippen LogP contribution in [0.15, 0.2) is 18.2 Å². The molecule has 16 heavy (non-hydrogen) atoms. The summed E-state index contributed by atoms with van der Waals surface area (Å²) in [6, 6.07) is 2.96. The van der Waals surface area contributed by atoms with Crippen molar-refractivity contribution in [2.24, 2.45) is 0 Å². The van der Waals surface area contributed by atoms with Gasteiger partial charge in [0.25, 0.3) is 6.43 Å². The summed E-state index contributed by atoms with van der Waals surface area (Å²) < 4.78 is 64.1. The molecule has 0 bridgehead atoms.